The number of rotatable bonds is 5. The van der Waals surface area contributed by atoms with Gasteiger partial charge in [0.2, 0.25) is 5.03 Å². The molecule has 0 aliphatic heterocycles. The normalized spacial score (nSPS) is 13.3. The van der Waals surface area contributed by atoms with Crippen LogP contribution in [0.3, 0.4) is 0 Å². The van der Waals surface area contributed by atoms with Gasteiger partial charge in [0.15, 0.2) is 0 Å². The molecule has 0 aliphatic rings. The van der Waals surface area contributed by atoms with Gasteiger partial charge in [-0.2, -0.15) is 0 Å². The highest BCUT2D eigenvalue weighted by molar-refractivity contribution is 7.89. The standard InChI is InChI=1S/C13H15Cl2N3O2S/c1-9(6-10-4-3-5-11(14)7-10)17-21(19,20)13-12(15)18(2)8-16-13/h3-5,7-9,17H,6H2,1-2H3. The van der Waals surface area contributed by atoms with Gasteiger partial charge in [0.25, 0.3) is 10.0 Å². The van der Waals surface area contributed by atoms with E-state index in [1.165, 1.54) is 10.9 Å². The van der Waals surface area contributed by atoms with E-state index in [4.69, 9.17) is 23.2 Å². The van der Waals surface area contributed by atoms with Crippen LogP contribution in [0.15, 0.2) is 35.6 Å². The smallest absolute Gasteiger partial charge is 0.261 e. The minimum Gasteiger partial charge on any atom is -0.324 e. The molecule has 21 heavy (non-hydrogen) atoms. The van der Waals surface area contributed by atoms with E-state index >= 15 is 0 Å². The fourth-order valence-corrected chi connectivity index (χ4v) is 3.84. The number of halogens is 2. The third-order valence-electron chi connectivity index (χ3n) is 2.88. The van der Waals surface area contributed by atoms with Crippen molar-refractivity contribution in [1.82, 2.24) is 14.3 Å². The van der Waals surface area contributed by atoms with E-state index in [2.05, 4.69) is 9.71 Å². The highest BCUT2D eigenvalue weighted by Crippen LogP contribution is 2.19. The predicted molar refractivity (Wildman–Crippen MR) is 83.2 cm³/mol. The minimum atomic E-state index is -3.75. The number of hydrogen-bond acceptors (Lipinski definition) is 3. The second-order valence-corrected chi connectivity index (χ2v) is 7.23. The largest absolute Gasteiger partial charge is 0.324 e. The molecule has 0 radical (unpaired) electrons. The van der Waals surface area contributed by atoms with Gasteiger partial charge >= 0.3 is 0 Å². The summed E-state index contributed by atoms with van der Waals surface area (Å²) in [6.45, 7) is 1.77. The van der Waals surface area contributed by atoms with Crippen molar-refractivity contribution in [1.29, 1.82) is 0 Å². The Morgan fingerprint density at radius 2 is 2.10 bits per heavy atom. The lowest BCUT2D eigenvalue weighted by Gasteiger charge is -2.13. The molecule has 8 heteroatoms. The van der Waals surface area contributed by atoms with E-state index in [0.29, 0.717) is 11.4 Å². The van der Waals surface area contributed by atoms with E-state index in [-0.39, 0.29) is 16.2 Å². The monoisotopic (exact) mass is 347 g/mol. The summed E-state index contributed by atoms with van der Waals surface area (Å²) in [6, 6.07) is 6.98. The highest BCUT2D eigenvalue weighted by atomic mass is 35.5. The quantitative estimate of drug-likeness (QED) is 0.904. The molecule has 0 saturated heterocycles. The fourth-order valence-electron chi connectivity index (χ4n) is 1.95. The molecule has 114 valence electrons. The molecule has 0 fully saturated rings. The minimum absolute atomic E-state index is 0.0810. The maximum absolute atomic E-state index is 12.2. The molecule has 1 aromatic heterocycles. The first kappa shape index (κ1) is 16.3. The Balaban J connectivity index is 2.11. The van der Waals surface area contributed by atoms with Crippen molar-refractivity contribution in [3.63, 3.8) is 0 Å². The van der Waals surface area contributed by atoms with E-state index in [1.807, 2.05) is 12.1 Å². The summed E-state index contributed by atoms with van der Waals surface area (Å²) >= 11 is 11.8. The Bertz CT molecular complexity index is 744. The number of aromatic nitrogens is 2. The summed E-state index contributed by atoms with van der Waals surface area (Å²) in [6.07, 6.45) is 1.88. The molecule has 2 aromatic rings. The van der Waals surface area contributed by atoms with Gasteiger partial charge in [-0.1, -0.05) is 35.3 Å². The van der Waals surface area contributed by atoms with Gasteiger partial charge in [-0.05, 0) is 31.0 Å². The fraction of sp³-hybridized carbons (Fsp3) is 0.308. The SMILES string of the molecule is CC(Cc1cccc(Cl)c1)NS(=O)(=O)c1ncn(C)c1Cl. The Hall–Kier alpha value is -1.08. The van der Waals surface area contributed by atoms with Gasteiger partial charge in [0.1, 0.15) is 5.15 Å². The van der Waals surface area contributed by atoms with E-state index in [0.717, 1.165) is 5.56 Å². The van der Waals surface area contributed by atoms with Crippen LogP contribution in [-0.2, 0) is 23.5 Å². The van der Waals surface area contributed by atoms with Crippen LogP contribution < -0.4 is 4.72 Å². The average molecular weight is 348 g/mol. The highest BCUT2D eigenvalue weighted by Gasteiger charge is 2.24. The van der Waals surface area contributed by atoms with Crippen LogP contribution in [0.1, 0.15) is 12.5 Å². The van der Waals surface area contributed by atoms with Gasteiger partial charge in [-0.25, -0.2) is 18.1 Å². The molecular formula is C13H15Cl2N3O2S. The molecule has 2 rings (SSSR count). The van der Waals surface area contributed by atoms with Gasteiger partial charge in [-0.3, -0.25) is 0 Å². The number of imidazole rings is 1. The number of nitrogens with one attached hydrogen (secondary N) is 1. The Morgan fingerprint density at radius 1 is 1.38 bits per heavy atom. The van der Waals surface area contributed by atoms with Crippen molar-refractivity contribution in [3.8, 4) is 0 Å². The molecule has 1 aromatic carbocycles. The van der Waals surface area contributed by atoms with Crippen molar-refractivity contribution in [2.75, 3.05) is 0 Å². The summed E-state index contributed by atoms with van der Waals surface area (Å²) in [7, 11) is -2.12. The molecule has 1 atom stereocenters. The average Bonchev–Trinajstić information content (AvgIpc) is 2.69. The predicted octanol–water partition coefficient (Wildman–Crippen LogP) is 2.64. The van der Waals surface area contributed by atoms with Gasteiger partial charge in [0.05, 0.1) is 6.33 Å². The van der Waals surface area contributed by atoms with Crippen LogP contribution in [0.4, 0.5) is 0 Å². The van der Waals surface area contributed by atoms with Gasteiger partial charge in [0, 0.05) is 18.1 Å². The van der Waals surface area contributed by atoms with Crippen LogP contribution in [0.2, 0.25) is 10.2 Å². The lowest BCUT2D eigenvalue weighted by Crippen LogP contribution is -2.34. The van der Waals surface area contributed by atoms with E-state index < -0.39 is 10.0 Å². The van der Waals surface area contributed by atoms with Crippen LogP contribution in [-0.4, -0.2) is 24.0 Å². The Kier molecular flexibility index (Phi) is 4.93. The third kappa shape index (κ3) is 3.97. The summed E-state index contributed by atoms with van der Waals surface area (Å²) in [4.78, 5) is 3.82. The van der Waals surface area contributed by atoms with Gasteiger partial charge in [-0.15, -0.1) is 0 Å². The van der Waals surface area contributed by atoms with Crippen LogP contribution >= 0.6 is 23.2 Å². The topological polar surface area (TPSA) is 64.0 Å². The molecule has 0 amide bonds. The molecule has 1 heterocycles. The number of hydrogen-bond donors (Lipinski definition) is 1. The van der Waals surface area contributed by atoms with Gasteiger partial charge < -0.3 is 4.57 Å². The van der Waals surface area contributed by atoms with Crippen LogP contribution in [0, 0.1) is 0 Å². The molecule has 1 unspecified atom stereocenters. The number of benzene rings is 1. The number of nitrogens with zero attached hydrogens (tertiary/aromatic N) is 2. The first-order chi connectivity index (χ1) is 9.79. The van der Waals surface area contributed by atoms with Crippen molar-refractivity contribution in [3.05, 3.63) is 46.3 Å². The summed E-state index contributed by atoms with van der Waals surface area (Å²) in [5, 5.41) is 0.539. The molecule has 0 saturated carbocycles. The van der Waals surface area contributed by atoms with Crippen molar-refractivity contribution >= 4 is 33.2 Å². The maximum atomic E-state index is 12.2. The molecule has 0 spiro atoms. The first-order valence-electron chi connectivity index (χ1n) is 6.23. The molecular weight excluding hydrogens is 333 g/mol. The van der Waals surface area contributed by atoms with E-state index in [9.17, 15) is 8.42 Å². The molecule has 5 nitrogen and oxygen atoms in total. The van der Waals surface area contributed by atoms with Crippen LogP contribution in [0.5, 0.6) is 0 Å². The van der Waals surface area contributed by atoms with Crippen molar-refractivity contribution < 1.29 is 8.42 Å². The zero-order valence-electron chi connectivity index (χ0n) is 11.5. The Labute approximate surface area is 134 Å². The number of aryl methyl sites for hydroxylation is 1. The molecule has 1 N–H and O–H groups in total. The lowest BCUT2D eigenvalue weighted by molar-refractivity contribution is 0.557. The lowest BCUT2D eigenvalue weighted by atomic mass is 10.1. The number of sulfonamides is 1. The first-order valence-corrected chi connectivity index (χ1v) is 8.47. The zero-order valence-corrected chi connectivity index (χ0v) is 13.9. The molecule has 0 bridgehead atoms. The zero-order chi connectivity index (χ0) is 15.6. The third-order valence-corrected chi connectivity index (χ3v) is 5.19. The van der Waals surface area contributed by atoms with E-state index in [1.54, 1.807) is 26.1 Å². The maximum Gasteiger partial charge on any atom is 0.261 e. The second kappa shape index (κ2) is 6.36. The van der Waals surface area contributed by atoms with Crippen molar-refractivity contribution in [2.45, 2.75) is 24.4 Å². The second-order valence-electron chi connectivity index (χ2n) is 4.81. The molecule has 0 aliphatic carbocycles. The summed E-state index contributed by atoms with van der Waals surface area (Å²) < 4.78 is 28.5. The van der Waals surface area contributed by atoms with Crippen molar-refractivity contribution in [2.24, 2.45) is 7.05 Å². The summed E-state index contributed by atoms with van der Waals surface area (Å²) in [5.41, 5.74) is 0.949. The van der Waals surface area contributed by atoms with Crippen LogP contribution in [0.25, 0.3) is 0 Å². The Morgan fingerprint density at radius 3 is 2.67 bits per heavy atom. The summed E-state index contributed by atoms with van der Waals surface area (Å²) in [5.74, 6) is 0.